The summed E-state index contributed by atoms with van der Waals surface area (Å²) in [5.41, 5.74) is 0. The smallest absolute Gasteiger partial charge is 0.223 e. The fraction of sp³-hybridized carbons (Fsp3) is 0.857. The largest absolute Gasteiger partial charge is 0.353 e. The second-order valence-corrected chi connectivity index (χ2v) is 5.21. The molecular weight excluding hydrogens is 278 g/mol. The van der Waals surface area contributed by atoms with Gasteiger partial charge in [-0.3, -0.25) is 9.59 Å². The van der Waals surface area contributed by atoms with E-state index in [1.165, 1.54) is 0 Å². The van der Waals surface area contributed by atoms with Gasteiger partial charge in [-0.15, -0.1) is 12.4 Å². The van der Waals surface area contributed by atoms with E-state index in [1.807, 2.05) is 13.8 Å². The van der Waals surface area contributed by atoms with Crippen LogP contribution < -0.4 is 10.6 Å². The van der Waals surface area contributed by atoms with Gasteiger partial charge in [0, 0.05) is 38.0 Å². The lowest BCUT2D eigenvalue weighted by molar-refractivity contribution is -0.133. The molecular formula is C14H28ClN3O2. The molecule has 5 nitrogen and oxygen atoms in total. The highest BCUT2D eigenvalue weighted by Gasteiger charge is 2.20. The maximum Gasteiger partial charge on any atom is 0.223 e. The van der Waals surface area contributed by atoms with Crippen LogP contribution in [0.3, 0.4) is 0 Å². The average molecular weight is 306 g/mol. The average Bonchev–Trinajstić information content (AvgIpc) is 2.38. The summed E-state index contributed by atoms with van der Waals surface area (Å²) >= 11 is 0. The molecule has 0 aromatic carbocycles. The molecule has 2 unspecified atom stereocenters. The highest BCUT2D eigenvalue weighted by Crippen LogP contribution is 2.08. The maximum atomic E-state index is 11.8. The third-order valence-electron chi connectivity index (χ3n) is 3.67. The number of halogens is 1. The second kappa shape index (κ2) is 10.00. The number of nitrogens with zero attached hydrogens (tertiary/aromatic N) is 1. The number of rotatable bonds is 6. The Bertz CT molecular complexity index is 309. The van der Waals surface area contributed by atoms with Crippen molar-refractivity contribution >= 4 is 24.2 Å². The molecule has 6 heteroatoms. The molecule has 0 spiro atoms. The van der Waals surface area contributed by atoms with Crippen LogP contribution in [0.5, 0.6) is 0 Å². The molecule has 2 amide bonds. The van der Waals surface area contributed by atoms with Crippen molar-refractivity contribution in [3.8, 4) is 0 Å². The first-order valence-corrected chi connectivity index (χ1v) is 7.37. The first-order valence-electron chi connectivity index (χ1n) is 7.37. The number of hydrogen-bond acceptors (Lipinski definition) is 3. The van der Waals surface area contributed by atoms with Crippen molar-refractivity contribution in [1.29, 1.82) is 0 Å². The van der Waals surface area contributed by atoms with E-state index in [2.05, 4.69) is 17.6 Å². The van der Waals surface area contributed by atoms with E-state index in [9.17, 15) is 9.59 Å². The Morgan fingerprint density at radius 2 is 1.90 bits per heavy atom. The van der Waals surface area contributed by atoms with Crippen LogP contribution in [-0.4, -0.2) is 48.4 Å². The van der Waals surface area contributed by atoms with Crippen LogP contribution in [-0.2, 0) is 9.59 Å². The number of hydrogen-bond donors (Lipinski definition) is 2. The highest BCUT2D eigenvalue weighted by atomic mass is 35.5. The van der Waals surface area contributed by atoms with Crippen molar-refractivity contribution in [3.05, 3.63) is 0 Å². The van der Waals surface area contributed by atoms with Gasteiger partial charge in [-0.2, -0.15) is 0 Å². The first kappa shape index (κ1) is 19.2. The SMILES string of the molecule is CCN(CC)C(=O)CCC(=O)NC1CCNC(C)C1.Cl. The molecule has 20 heavy (non-hydrogen) atoms. The van der Waals surface area contributed by atoms with Gasteiger partial charge in [-0.25, -0.2) is 0 Å². The summed E-state index contributed by atoms with van der Waals surface area (Å²) in [5, 5.41) is 6.38. The molecule has 0 aromatic rings. The molecule has 2 N–H and O–H groups in total. The van der Waals surface area contributed by atoms with Crippen LogP contribution in [0.2, 0.25) is 0 Å². The van der Waals surface area contributed by atoms with Crippen LogP contribution in [0.1, 0.15) is 46.5 Å². The summed E-state index contributed by atoms with van der Waals surface area (Å²) in [6.45, 7) is 8.41. The molecule has 2 atom stereocenters. The van der Waals surface area contributed by atoms with Crippen molar-refractivity contribution in [1.82, 2.24) is 15.5 Å². The molecule has 118 valence electrons. The van der Waals surface area contributed by atoms with E-state index in [0.29, 0.717) is 32.0 Å². The van der Waals surface area contributed by atoms with Crippen molar-refractivity contribution in [3.63, 3.8) is 0 Å². The van der Waals surface area contributed by atoms with Gasteiger partial charge in [0.05, 0.1) is 0 Å². The lowest BCUT2D eigenvalue weighted by Crippen LogP contribution is -2.46. The zero-order chi connectivity index (χ0) is 14.3. The summed E-state index contributed by atoms with van der Waals surface area (Å²) in [6.07, 6.45) is 2.55. The van der Waals surface area contributed by atoms with Gasteiger partial charge < -0.3 is 15.5 Å². The van der Waals surface area contributed by atoms with Crippen LogP contribution in [0, 0.1) is 0 Å². The van der Waals surface area contributed by atoms with E-state index in [4.69, 9.17) is 0 Å². The number of piperidine rings is 1. The quantitative estimate of drug-likeness (QED) is 0.778. The van der Waals surface area contributed by atoms with Gasteiger partial charge >= 0.3 is 0 Å². The molecule has 1 aliphatic rings. The molecule has 0 aromatic heterocycles. The molecule has 1 saturated heterocycles. The Kier molecular flexibility index (Phi) is 9.59. The topological polar surface area (TPSA) is 61.4 Å². The lowest BCUT2D eigenvalue weighted by Gasteiger charge is -2.28. The molecule has 1 fully saturated rings. The lowest BCUT2D eigenvalue weighted by atomic mass is 10.0. The molecule has 0 saturated carbocycles. The summed E-state index contributed by atoms with van der Waals surface area (Å²) in [6, 6.07) is 0.712. The third-order valence-corrected chi connectivity index (χ3v) is 3.67. The first-order chi connectivity index (χ1) is 9.06. The Hall–Kier alpha value is -0.810. The van der Waals surface area contributed by atoms with Crippen molar-refractivity contribution in [2.75, 3.05) is 19.6 Å². The molecule has 1 heterocycles. The summed E-state index contributed by atoms with van der Waals surface area (Å²) < 4.78 is 0. The Morgan fingerprint density at radius 1 is 1.25 bits per heavy atom. The van der Waals surface area contributed by atoms with Gasteiger partial charge in [0.25, 0.3) is 0 Å². The van der Waals surface area contributed by atoms with E-state index in [0.717, 1.165) is 19.4 Å². The predicted molar refractivity (Wildman–Crippen MR) is 83.0 cm³/mol. The maximum absolute atomic E-state index is 11.8. The molecule has 0 bridgehead atoms. The van der Waals surface area contributed by atoms with E-state index in [-0.39, 0.29) is 30.3 Å². The number of nitrogens with one attached hydrogen (secondary N) is 2. The van der Waals surface area contributed by atoms with Crippen LogP contribution in [0.25, 0.3) is 0 Å². The third kappa shape index (κ3) is 6.57. The summed E-state index contributed by atoms with van der Waals surface area (Å²) in [7, 11) is 0. The number of amides is 2. The zero-order valence-electron chi connectivity index (χ0n) is 12.8. The predicted octanol–water partition coefficient (Wildman–Crippen LogP) is 1.31. The van der Waals surface area contributed by atoms with E-state index < -0.39 is 0 Å². The van der Waals surface area contributed by atoms with E-state index >= 15 is 0 Å². The second-order valence-electron chi connectivity index (χ2n) is 5.21. The van der Waals surface area contributed by atoms with Gasteiger partial charge in [-0.1, -0.05) is 0 Å². The van der Waals surface area contributed by atoms with Gasteiger partial charge in [0.1, 0.15) is 0 Å². The highest BCUT2D eigenvalue weighted by molar-refractivity contribution is 5.85. The molecule has 1 rings (SSSR count). The number of carbonyl (C=O) groups is 2. The van der Waals surface area contributed by atoms with Crippen LogP contribution >= 0.6 is 12.4 Å². The van der Waals surface area contributed by atoms with E-state index in [1.54, 1.807) is 4.90 Å². The Balaban J connectivity index is 0.00000361. The minimum atomic E-state index is -0.000365. The minimum absolute atomic E-state index is 0. The standard InChI is InChI=1S/C14H27N3O2.ClH/c1-4-17(5-2)14(19)7-6-13(18)16-12-8-9-15-11(3)10-12;/h11-12,15H,4-10H2,1-3H3,(H,16,18);1H. The van der Waals surface area contributed by atoms with Crippen molar-refractivity contribution in [2.24, 2.45) is 0 Å². The van der Waals surface area contributed by atoms with Gasteiger partial charge in [-0.05, 0) is 40.2 Å². The molecule has 0 radical (unpaired) electrons. The Labute approximate surface area is 128 Å². The summed E-state index contributed by atoms with van der Waals surface area (Å²) in [4.78, 5) is 25.4. The van der Waals surface area contributed by atoms with Gasteiger partial charge in [0.2, 0.25) is 11.8 Å². The fourth-order valence-corrected chi connectivity index (χ4v) is 2.52. The normalized spacial score (nSPS) is 21.8. The summed E-state index contributed by atoms with van der Waals surface area (Å²) in [5.74, 6) is 0.0680. The van der Waals surface area contributed by atoms with Crippen molar-refractivity contribution < 1.29 is 9.59 Å². The van der Waals surface area contributed by atoms with Crippen molar-refractivity contribution in [2.45, 2.75) is 58.5 Å². The fourth-order valence-electron chi connectivity index (χ4n) is 2.52. The van der Waals surface area contributed by atoms with Gasteiger partial charge in [0.15, 0.2) is 0 Å². The molecule has 0 aliphatic carbocycles. The Morgan fingerprint density at radius 3 is 2.45 bits per heavy atom. The zero-order valence-corrected chi connectivity index (χ0v) is 13.6. The number of carbonyl (C=O) groups excluding carboxylic acids is 2. The van der Waals surface area contributed by atoms with Crippen LogP contribution in [0.15, 0.2) is 0 Å². The van der Waals surface area contributed by atoms with Crippen LogP contribution in [0.4, 0.5) is 0 Å². The minimum Gasteiger partial charge on any atom is -0.353 e. The monoisotopic (exact) mass is 305 g/mol. The molecule has 1 aliphatic heterocycles.